The van der Waals surface area contributed by atoms with Crippen LogP contribution in [0.4, 0.5) is 10.1 Å². The molecule has 0 bridgehead atoms. The highest BCUT2D eigenvalue weighted by atomic mass is 19.1. The van der Waals surface area contributed by atoms with Crippen molar-refractivity contribution >= 4 is 23.5 Å². The van der Waals surface area contributed by atoms with Crippen molar-refractivity contribution in [3.63, 3.8) is 0 Å². The van der Waals surface area contributed by atoms with Crippen molar-refractivity contribution in [1.29, 1.82) is 0 Å². The van der Waals surface area contributed by atoms with Crippen LogP contribution in [-0.4, -0.2) is 17.8 Å². The molecule has 0 spiro atoms. The Bertz CT molecular complexity index is 1310. The third-order valence-corrected chi connectivity index (χ3v) is 5.37. The average Bonchev–Trinajstić information content (AvgIpc) is 2.92. The second-order valence-electron chi connectivity index (χ2n) is 7.91. The van der Waals surface area contributed by atoms with Crippen LogP contribution in [0.25, 0.3) is 0 Å². The summed E-state index contributed by atoms with van der Waals surface area (Å²) in [5.74, 6) is -2.34. The Labute approximate surface area is 207 Å². The van der Waals surface area contributed by atoms with Crippen LogP contribution in [-0.2, 0) is 14.3 Å². The molecule has 36 heavy (non-hydrogen) atoms. The van der Waals surface area contributed by atoms with Crippen molar-refractivity contribution in [2.75, 3.05) is 5.32 Å². The quantitative estimate of drug-likeness (QED) is 0.337. The third kappa shape index (κ3) is 6.21. The van der Waals surface area contributed by atoms with Gasteiger partial charge in [0, 0.05) is 16.8 Å². The number of ether oxygens (including phenoxy) is 1. The normalized spacial score (nSPS) is 12.1. The summed E-state index contributed by atoms with van der Waals surface area (Å²) in [5, 5.41) is 5.36. The van der Waals surface area contributed by atoms with Crippen LogP contribution in [0.5, 0.6) is 0 Å². The highest BCUT2D eigenvalue weighted by Crippen LogP contribution is 2.24. The predicted molar refractivity (Wildman–Crippen MR) is 133 cm³/mol. The van der Waals surface area contributed by atoms with Gasteiger partial charge in [0.2, 0.25) is 6.10 Å². The van der Waals surface area contributed by atoms with Crippen LogP contribution < -0.4 is 10.6 Å². The number of hydrogen-bond acceptors (Lipinski definition) is 4. The lowest BCUT2D eigenvalue weighted by Crippen LogP contribution is -2.37. The van der Waals surface area contributed by atoms with E-state index in [0.29, 0.717) is 22.4 Å². The molecule has 2 amide bonds. The minimum absolute atomic E-state index is 0.343. The molecule has 2 unspecified atom stereocenters. The second kappa shape index (κ2) is 11.6. The molecule has 0 aliphatic rings. The lowest BCUT2D eigenvalue weighted by molar-refractivity contribution is -0.156. The van der Waals surface area contributed by atoms with Gasteiger partial charge in [0.15, 0.2) is 6.04 Å². The van der Waals surface area contributed by atoms with Gasteiger partial charge in [-0.25, -0.2) is 9.18 Å². The Hall–Kier alpha value is -4.78. The van der Waals surface area contributed by atoms with Crippen molar-refractivity contribution in [1.82, 2.24) is 5.32 Å². The summed E-state index contributed by atoms with van der Waals surface area (Å²) in [5.41, 5.74) is 1.65. The van der Waals surface area contributed by atoms with Crippen LogP contribution in [0.15, 0.2) is 115 Å². The number of benzene rings is 4. The van der Waals surface area contributed by atoms with Crippen LogP contribution in [0.1, 0.15) is 33.6 Å². The number of anilines is 1. The zero-order chi connectivity index (χ0) is 25.3. The van der Waals surface area contributed by atoms with Crippen LogP contribution >= 0.6 is 0 Å². The Morgan fingerprint density at radius 2 is 1.19 bits per heavy atom. The molecule has 180 valence electrons. The fourth-order valence-electron chi connectivity index (χ4n) is 3.55. The molecular weight excluding hydrogens is 459 g/mol. The Kier molecular flexibility index (Phi) is 7.83. The summed E-state index contributed by atoms with van der Waals surface area (Å²) < 4.78 is 19.0. The zero-order valence-corrected chi connectivity index (χ0v) is 19.1. The standard InChI is InChI=1S/C29H23FN2O4/c30-23-16-18-24(19-17-23)31-28(34)26(21-12-6-2-7-13-21)36-29(35)25(20-10-4-1-5-11-20)32-27(33)22-14-8-3-9-15-22/h1-19,25-26H,(H,31,34)(H,32,33). The molecule has 0 aliphatic carbocycles. The van der Waals surface area contributed by atoms with Gasteiger partial charge in [0.1, 0.15) is 5.82 Å². The predicted octanol–water partition coefficient (Wildman–Crippen LogP) is 5.22. The number of esters is 1. The molecule has 4 aromatic rings. The maximum atomic E-state index is 13.4. The first kappa shape index (κ1) is 24.3. The molecule has 0 saturated heterocycles. The van der Waals surface area contributed by atoms with Crippen LogP contribution in [0.2, 0.25) is 0 Å². The number of halogens is 1. The average molecular weight is 483 g/mol. The topological polar surface area (TPSA) is 84.5 Å². The molecule has 0 aliphatic heterocycles. The number of carbonyl (C=O) groups excluding carboxylic acids is 3. The molecule has 2 atom stereocenters. The summed E-state index contributed by atoms with van der Waals surface area (Å²) >= 11 is 0. The summed E-state index contributed by atoms with van der Waals surface area (Å²) in [6.07, 6.45) is -1.32. The zero-order valence-electron chi connectivity index (χ0n) is 19.1. The number of rotatable bonds is 8. The van der Waals surface area contributed by atoms with E-state index in [9.17, 15) is 18.8 Å². The van der Waals surface area contributed by atoms with Gasteiger partial charge in [0.25, 0.3) is 11.8 Å². The van der Waals surface area contributed by atoms with Gasteiger partial charge in [-0.15, -0.1) is 0 Å². The fourth-order valence-corrected chi connectivity index (χ4v) is 3.55. The molecule has 0 aromatic heterocycles. The number of carbonyl (C=O) groups is 3. The first-order valence-electron chi connectivity index (χ1n) is 11.2. The molecule has 0 radical (unpaired) electrons. The van der Waals surface area contributed by atoms with E-state index in [0.717, 1.165) is 0 Å². The highest BCUT2D eigenvalue weighted by molar-refractivity contribution is 5.99. The molecule has 0 fully saturated rings. The summed E-state index contributed by atoms with van der Waals surface area (Å²) in [6, 6.07) is 29.7. The summed E-state index contributed by atoms with van der Waals surface area (Å²) in [4.78, 5) is 39.5. The van der Waals surface area contributed by atoms with Gasteiger partial charge in [-0.2, -0.15) is 0 Å². The van der Waals surface area contributed by atoms with Crippen molar-refractivity contribution < 1.29 is 23.5 Å². The SMILES string of the molecule is O=C(NC(C(=O)OC(C(=O)Nc1ccc(F)cc1)c1ccccc1)c1ccccc1)c1ccccc1. The smallest absolute Gasteiger partial charge is 0.334 e. The monoisotopic (exact) mass is 482 g/mol. The third-order valence-electron chi connectivity index (χ3n) is 5.37. The fraction of sp³-hybridized carbons (Fsp3) is 0.0690. The van der Waals surface area contributed by atoms with Gasteiger partial charge < -0.3 is 15.4 Å². The largest absolute Gasteiger partial charge is 0.445 e. The molecular formula is C29H23FN2O4. The van der Waals surface area contributed by atoms with Gasteiger partial charge in [-0.05, 0) is 42.0 Å². The molecule has 2 N–H and O–H groups in total. The van der Waals surface area contributed by atoms with Gasteiger partial charge in [-0.3, -0.25) is 9.59 Å². The Balaban J connectivity index is 1.60. The minimum atomic E-state index is -1.32. The number of amides is 2. The first-order chi connectivity index (χ1) is 17.5. The molecule has 4 aromatic carbocycles. The molecule has 6 nitrogen and oxygen atoms in total. The maximum absolute atomic E-state index is 13.4. The summed E-state index contributed by atoms with van der Waals surface area (Å²) in [7, 11) is 0. The minimum Gasteiger partial charge on any atom is -0.445 e. The number of nitrogens with one attached hydrogen (secondary N) is 2. The highest BCUT2D eigenvalue weighted by Gasteiger charge is 2.31. The molecule has 7 heteroatoms. The van der Waals surface area contributed by atoms with Crippen molar-refractivity contribution in [3.05, 3.63) is 138 Å². The number of hydrogen-bond donors (Lipinski definition) is 2. The Morgan fingerprint density at radius 1 is 0.667 bits per heavy atom. The van der Waals surface area contributed by atoms with E-state index < -0.39 is 35.7 Å². The van der Waals surface area contributed by atoms with E-state index in [1.807, 2.05) is 0 Å². The van der Waals surface area contributed by atoms with Crippen molar-refractivity contribution in [2.24, 2.45) is 0 Å². The van der Waals surface area contributed by atoms with E-state index in [-0.39, 0.29) is 0 Å². The van der Waals surface area contributed by atoms with E-state index in [4.69, 9.17) is 4.74 Å². The maximum Gasteiger partial charge on any atom is 0.334 e. The Morgan fingerprint density at radius 3 is 1.78 bits per heavy atom. The van der Waals surface area contributed by atoms with Gasteiger partial charge in [0.05, 0.1) is 0 Å². The first-order valence-corrected chi connectivity index (χ1v) is 11.2. The molecule has 4 rings (SSSR count). The lowest BCUT2D eigenvalue weighted by atomic mass is 10.1. The van der Waals surface area contributed by atoms with Crippen LogP contribution in [0, 0.1) is 5.82 Å². The van der Waals surface area contributed by atoms with Gasteiger partial charge >= 0.3 is 5.97 Å². The van der Waals surface area contributed by atoms with Gasteiger partial charge in [-0.1, -0.05) is 78.9 Å². The van der Waals surface area contributed by atoms with E-state index in [1.165, 1.54) is 24.3 Å². The van der Waals surface area contributed by atoms with E-state index in [2.05, 4.69) is 10.6 Å². The van der Waals surface area contributed by atoms with Crippen molar-refractivity contribution in [3.8, 4) is 0 Å². The second-order valence-corrected chi connectivity index (χ2v) is 7.91. The van der Waals surface area contributed by atoms with E-state index in [1.54, 1.807) is 91.0 Å². The van der Waals surface area contributed by atoms with E-state index >= 15 is 0 Å². The summed E-state index contributed by atoms with van der Waals surface area (Å²) in [6.45, 7) is 0. The lowest BCUT2D eigenvalue weighted by Gasteiger charge is -2.23. The van der Waals surface area contributed by atoms with Crippen molar-refractivity contribution in [2.45, 2.75) is 12.1 Å². The van der Waals surface area contributed by atoms with Crippen LogP contribution in [0.3, 0.4) is 0 Å². The molecule has 0 saturated carbocycles. The molecule has 0 heterocycles.